The Balaban J connectivity index is 1.60. The number of rotatable bonds is 4. The smallest absolute Gasteiger partial charge is 0.243 e. The van der Waals surface area contributed by atoms with Gasteiger partial charge in [0.25, 0.3) is 0 Å². The summed E-state index contributed by atoms with van der Waals surface area (Å²) in [5, 5.41) is 0. The van der Waals surface area contributed by atoms with Crippen LogP contribution in [0.3, 0.4) is 0 Å². The Hall–Kier alpha value is -2.77. The second-order valence-corrected chi connectivity index (χ2v) is 9.16. The third-order valence-electron chi connectivity index (χ3n) is 5.20. The molecule has 1 aromatic heterocycles. The van der Waals surface area contributed by atoms with Crippen LogP contribution < -0.4 is 4.74 Å². The van der Waals surface area contributed by atoms with Gasteiger partial charge in [0.15, 0.2) is 5.82 Å². The molecule has 1 aliphatic rings. The van der Waals surface area contributed by atoms with Gasteiger partial charge < -0.3 is 4.74 Å². The zero-order valence-electron chi connectivity index (χ0n) is 16.7. The van der Waals surface area contributed by atoms with Crippen LogP contribution in [0.1, 0.15) is 22.4 Å². The maximum absolute atomic E-state index is 13.2. The highest BCUT2D eigenvalue weighted by Gasteiger charge is 2.30. The van der Waals surface area contributed by atoms with E-state index in [-0.39, 0.29) is 6.54 Å². The molecule has 4 rings (SSSR count). The summed E-state index contributed by atoms with van der Waals surface area (Å²) in [6.45, 7) is 4.48. The second kappa shape index (κ2) is 7.57. The molecule has 2 aromatic carbocycles. The first kappa shape index (κ1) is 19.5. The van der Waals surface area contributed by atoms with E-state index in [1.165, 1.54) is 4.31 Å². The van der Waals surface area contributed by atoms with Gasteiger partial charge in [0, 0.05) is 36.8 Å². The first-order valence-electron chi connectivity index (χ1n) is 9.45. The number of hydrogen-bond acceptors (Lipinski definition) is 5. The lowest BCUT2D eigenvalue weighted by Crippen LogP contribution is -2.36. The van der Waals surface area contributed by atoms with Gasteiger partial charge in [-0.3, -0.25) is 0 Å². The monoisotopic (exact) mass is 409 g/mol. The summed E-state index contributed by atoms with van der Waals surface area (Å²) in [6, 6.07) is 13.0. The van der Waals surface area contributed by atoms with Crippen molar-refractivity contribution in [3.63, 3.8) is 0 Å². The summed E-state index contributed by atoms with van der Waals surface area (Å²) in [4.78, 5) is 9.51. The van der Waals surface area contributed by atoms with Crippen molar-refractivity contribution in [2.75, 3.05) is 13.7 Å². The molecule has 1 aliphatic heterocycles. The molecule has 0 saturated heterocycles. The Morgan fingerprint density at radius 3 is 2.52 bits per heavy atom. The predicted molar refractivity (Wildman–Crippen MR) is 111 cm³/mol. The summed E-state index contributed by atoms with van der Waals surface area (Å²) >= 11 is 0. The Morgan fingerprint density at radius 1 is 1.07 bits per heavy atom. The predicted octanol–water partition coefficient (Wildman–Crippen LogP) is 3.52. The van der Waals surface area contributed by atoms with Gasteiger partial charge in [-0.15, -0.1) is 0 Å². The number of methoxy groups -OCH3 is 1. The van der Waals surface area contributed by atoms with Crippen LogP contribution in [0, 0.1) is 13.8 Å². The molecule has 0 aliphatic carbocycles. The van der Waals surface area contributed by atoms with Crippen LogP contribution in [0.5, 0.6) is 5.75 Å². The number of sulfonamides is 1. The molecule has 0 fully saturated rings. The summed E-state index contributed by atoms with van der Waals surface area (Å²) in [6.07, 6.45) is 2.30. The fraction of sp³-hybridized carbons (Fsp3) is 0.273. The van der Waals surface area contributed by atoms with Gasteiger partial charge in [-0.05, 0) is 49.7 Å². The normalized spacial score (nSPS) is 14.4. The van der Waals surface area contributed by atoms with Crippen molar-refractivity contribution < 1.29 is 13.2 Å². The molecule has 2 heterocycles. The molecule has 29 heavy (non-hydrogen) atoms. The molecule has 0 radical (unpaired) electrons. The van der Waals surface area contributed by atoms with Crippen molar-refractivity contribution in [3.05, 3.63) is 71.0 Å². The minimum Gasteiger partial charge on any atom is -0.497 e. The van der Waals surface area contributed by atoms with Crippen molar-refractivity contribution in [1.29, 1.82) is 0 Å². The van der Waals surface area contributed by atoms with Crippen molar-refractivity contribution in [3.8, 4) is 17.1 Å². The van der Waals surface area contributed by atoms with Gasteiger partial charge in [0.1, 0.15) is 5.75 Å². The number of fused-ring (bicyclic) bond motifs is 1. The lowest BCUT2D eigenvalue weighted by molar-refractivity contribution is 0.386. The largest absolute Gasteiger partial charge is 0.497 e. The van der Waals surface area contributed by atoms with Gasteiger partial charge in [0.05, 0.1) is 17.7 Å². The topological polar surface area (TPSA) is 72.4 Å². The van der Waals surface area contributed by atoms with Gasteiger partial charge in [0.2, 0.25) is 10.0 Å². The fourth-order valence-electron chi connectivity index (χ4n) is 3.60. The first-order valence-corrected chi connectivity index (χ1v) is 10.9. The van der Waals surface area contributed by atoms with Gasteiger partial charge >= 0.3 is 0 Å². The maximum atomic E-state index is 13.2. The Morgan fingerprint density at radius 2 is 1.83 bits per heavy atom. The SMILES string of the molecule is COc1ccc(-c2ncc3c(n2)CCN(S(=O)(=O)c2ccc(C)cc2C)C3)cc1. The Labute approximate surface area is 171 Å². The lowest BCUT2D eigenvalue weighted by Gasteiger charge is -2.28. The number of benzene rings is 2. The molecule has 3 aromatic rings. The van der Waals surface area contributed by atoms with Crippen molar-refractivity contribution in [1.82, 2.24) is 14.3 Å². The van der Waals surface area contributed by atoms with Crippen LogP contribution >= 0.6 is 0 Å². The van der Waals surface area contributed by atoms with Crippen LogP contribution in [0.2, 0.25) is 0 Å². The number of ether oxygens (including phenoxy) is 1. The van der Waals surface area contributed by atoms with Crippen molar-refractivity contribution in [2.45, 2.75) is 31.7 Å². The number of hydrogen-bond donors (Lipinski definition) is 0. The van der Waals surface area contributed by atoms with Crippen LogP contribution in [0.15, 0.2) is 53.6 Å². The van der Waals surface area contributed by atoms with E-state index in [4.69, 9.17) is 4.74 Å². The van der Waals surface area contributed by atoms with Crippen LogP contribution in [0.25, 0.3) is 11.4 Å². The van der Waals surface area contributed by atoms with Gasteiger partial charge in [-0.2, -0.15) is 4.31 Å². The molecule has 6 nitrogen and oxygen atoms in total. The molecule has 0 bridgehead atoms. The molecule has 0 unspecified atom stereocenters. The molecular formula is C22H23N3O3S. The van der Waals surface area contributed by atoms with Crippen LogP contribution in [0.4, 0.5) is 0 Å². The maximum Gasteiger partial charge on any atom is 0.243 e. The molecule has 0 saturated carbocycles. The molecule has 0 N–H and O–H groups in total. The summed E-state index contributed by atoms with van der Waals surface area (Å²) < 4.78 is 33.0. The van der Waals surface area contributed by atoms with E-state index in [2.05, 4.69) is 9.97 Å². The Kier molecular flexibility index (Phi) is 5.10. The minimum atomic E-state index is -3.56. The van der Waals surface area contributed by atoms with E-state index in [0.717, 1.165) is 33.7 Å². The second-order valence-electron chi connectivity index (χ2n) is 7.25. The molecular weight excluding hydrogens is 386 g/mol. The van der Waals surface area contributed by atoms with E-state index in [0.29, 0.717) is 23.7 Å². The average molecular weight is 410 g/mol. The quantitative estimate of drug-likeness (QED) is 0.659. The molecule has 150 valence electrons. The van der Waals surface area contributed by atoms with Crippen LogP contribution in [-0.2, 0) is 23.0 Å². The zero-order valence-corrected chi connectivity index (χ0v) is 17.5. The third-order valence-corrected chi connectivity index (χ3v) is 7.20. The Bertz CT molecular complexity index is 1160. The highest BCUT2D eigenvalue weighted by Crippen LogP contribution is 2.27. The third kappa shape index (κ3) is 3.75. The number of aromatic nitrogens is 2. The molecule has 7 heteroatoms. The van der Waals surface area contributed by atoms with E-state index < -0.39 is 10.0 Å². The van der Waals surface area contributed by atoms with Gasteiger partial charge in [-0.25, -0.2) is 18.4 Å². The van der Waals surface area contributed by atoms with E-state index >= 15 is 0 Å². The van der Waals surface area contributed by atoms with Crippen molar-refractivity contribution in [2.24, 2.45) is 0 Å². The highest BCUT2D eigenvalue weighted by molar-refractivity contribution is 7.89. The van der Waals surface area contributed by atoms with Crippen molar-refractivity contribution >= 4 is 10.0 Å². The van der Waals surface area contributed by atoms with Gasteiger partial charge in [-0.1, -0.05) is 17.7 Å². The van der Waals surface area contributed by atoms with Crippen LogP contribution in [-0.4, -0.2) is 36.3 Å². The number of aryl methyl sites for hydroxylation is 2. The molecule has 0 amide bonds. The summed E-state index contributed by atoms with van der Waals surface area (Å²) in [5.74, 6) is 1.41. The van der Waals surface area contributed by atoms with E-state index in [1.807, 2.05) is 50.2 Å². The van der Waals surface area contributed by atoms with E-state index in [9.17, 15) is 8.42 Å². The summed E-state index contributed by atoms with van der Waals surface area (Å²) in [5.41, 5.74) is 4.46. The zero-order chi connectivity index (χ0) is 20.6. The fourth-order valence-corrected chi connectivity index (χ4v) is 5.23. The lowest BCUT2D eigenvalue weighted by atomic mass is 10.1. The molecule has 0 spiro atoms. The first-order chi connectivity index (χ1) is 13.9. The number of nitrogens with zero attached hydrogens (tertiary/aromatic N) is 3. The highest BCUT2D eigenvalue weighted by atomic mass is 32.2. The summed E-state index contributed by atoms with van der Waals surface area (Å²) in [7, 11) is -1.93. The minimum absolute atomic E-state index is 0.286. The molecule has 0 atom stereocenters. The average Bonchev–Trinajstić information content (AvgIpc) is 2.72. The standard InChI is InChI=1S/C22H23N3O3S/c1-15-4-9-21(16(2)12-15)29(26,27)25-11-10-20-18(14-25)13-23-22(24-20)17-5-7-19(28-3)8-6-17/h4-9,12-13H,10-11,14H2,1-3H3. The van der Waals surface area contributed by atoms with E-state index in [1.54, 1.807) is 19.4 Å².